The number of nitrogen functional groups attached to an aromatic ring is 1. The normalized spacial score (nSPS) is 13.6. The first-order chi connectivity index (χ1) is 10.2. The molecular formula is C14H13ClN4O2. The first kappa shape index (κ1) is 13.7. The first-order valence-corrected chi connectivity index (χ1v) is 6.70. The standard InChI is InChI=1S/C14H13ClN4O2/c15-10-3-4-12-11(6-10)19(13(20)8-21-12)7-9-2-1-5-17-14(9)18-16/h1-6H,7-8,16H2,(H,17,18). The summed E-state index contributed by atoms with van der Waals surface area (Å²) in [5.74, 6) is 6.46. The van der Waals surface area contributed by atoms with Crippen molar-refractivity contribution >= 4 is 29.0 Å². The highest BCUT2D eigenvalue weighted by Crippen LogP contribution is 2.35. The van der Waals surface area contributed by atoms with Gasteiger partial charge in [0, 0.05) is 16.8 Å². The summed E-state index contributed by atoms with van der Waals surface area (Å²) in [6.45, 7) is 0.336. The molecule has 1 aromatic heterocycles. The number of amides is 1. The number of carbonyl (C=O) groups excluding carboxylic acids is 1. The molecule has 2 aromatic rings. The van der Waals surface area contributed by atoms with E-state index < -0.39 is 0 Å². The molecule has 0 saturated carbocycles. The number of anilines is 2. The summed E-state index contributed by atoms with van der Waals surface area (Å²) in [5, 5.41) is 0.542. The number of aromatic nitrogens is 1. The van der Waals surface area contributed by atoms with E-state index in [9.17, 15) is 4.79 Å². The molecule has 0 fully saturated rings. The number of fused-ring (bicyclic) bond motifs is 1. The van der Waals surface area contributed by atoms with Crippen LogP contribution in [0.4, 0.5) is 11.5 Å². The molecule has 0 aliphatic carbocycles. The van der Waals surface area contributed by atoms with Crippen molar-refractivity contribution in [2.75, 3.05) is 16.9 Å². The Balaban J connectivity index is 1.98. The number of rotatable bonds is 3. The minimum absolute atomic E-state index is 0.000279. The zero-order chi connectivity index (χ0) is 14.8. The predicted molar refractivity (Wildman–Crippen MR) is 80.2 cm³/mol. The van der Waals surface area contributed by atoms with Crippen LogP contribution in [0, 0.1) is 0 Å². The second-order valence-electron chi connectivity index (χ2n) is 4.54. The average molecular weight is 305 g/mol. The Morgan fingerprint density at radius 1 is 1.43 bits per heavy atom. The molecule has 1 amide bonds. The number of nitrogens with two attached hydrogens (primary N) is 1. The highest BCUT2D eigenvalue weighted by molar-refractivity contribution is 6.31. The van der Waals surface area contributed by atoms with Gasteiger partial charge in [0.25, 0.3) is 5.91 Å². The van der Waals surface area contributed by atoms with Crippen molar-refractivity contribution < 1.29 is 9.53 Å². The zero-order valence-electron chi connectivity index (χ0n) is 11.0. The van der Waals surface area contributed by atoms with Gasteiger partial charge < -0.3 is 15.1 Å². The lowest BCUT2D eigenvalue weighted by atomic mass is 10.2. The molecule has 3 N–H and O–H groups in total. The molecule has 6 nitrogen and oxygen atoms in total. The highest BCUT2D eigenvalue weighted by atomic mass is 35.5. The van der Waals surface area contributed by atoms with Crippen molar-refractivity contribution in [1.82, 2.24) is 4.98 Å². The van der Waals surface area contributed by atoms with E-state index in [-0.39, 0.29) is 12.5 Å². The molecule has 1 aromatic carbocycles. The summed E-state index contributed by atoms with van der Waals surface area (Å²) in [4.78, 5) is 17.9. The van der Waals surface area contributed by atoms with Gasteiger partial charge in [-0.1, -0.05) is 17.7 Å². The molecule has 7 heteroatoms. The first-order valence-electron chi connectivity index (χ1n) is 6.32. The van der Waals surface area contributed by atoms with Gasteiger partial charge in [-0.25, -0.2) is 10.8 Å². The fourth-order valence-corrected chi connectivity index (χ4v) is 2.38. The molecule has 0 saturated heterocycles. The fraction of sp³-hybridized carbons (Fsp3) is 0.143. The van der Waals surface area contributed by atoms with Gasteiger partial charge in [-0.15, -0.1) is 0 Å². The third-order valence-corrected chi connectivity index (χ3v) is 3.46. The van der Waals surface area contributed by atoms with E-state index in [1.54, 1.807) is 35.4 Å². The number of halogens is 1. The largest absolute Gasteiger partial charge is 0.482 e. The quantitative estimate of drug-likeness (QED) is 0.669. The van der Waals surface area contributed by atoms with Crippen LogP contribution < -0.4 is 20.9 Å². The van der Waals surface area contributed by atoms with Crippen LogP contribution in [0.2, 0.25) is 5.02 Å². The smallest absolute Gasteiger partial charge is 0.265 e. The zero-order valence-corrected chi connectivity index (χ0v) is 11.8. The second kappa shape index (κ2) is 5.59. The lowest BCUT2D eigenvalue weighted by Gasteiger charge is -2.29. The minimum atomic E-state index is -0.142. The van der Waals surface area contributed by atoms with Crippen molar-refractivity contribution in [3.63, 3.8) is 0 Å². The van der Waals surface area contributed by atoms with Crippen LogP contribution in [0.15, 0.2) is 36.5 Å². The maximum atomic E-state index is 12.2. The number of nitrogens with one attached hydrogen (secondary N) is 1. The van der Waals surface area contributed by atoms with Crippen molar-refractivity contribution in [2.45, 2.75) is 6.54 Å². The van der Waals surface area contributed by atoms with Crippen LogP contribution in [-0.4, -0.2) is 17.5 Å². The van der Waals surface area contributed by atoms with E-state index in [0.717, 1.165) is 5.56 Å². The number of pyridine rings is 1. The Bertz CT molecular complexity index is 692. The fourth-order valence-electron chi connectivity index (χ4n) is 2.22. The van der Waals surface area contributed by atoms with Crippen LogP contribution in [0.1, 0.15) is 5.56 Å². The molecule has 2 heterocycles. The second-order valence-corrected chi connectivity index (χ2v) is 4.97. The van der Waals surface area contributed by atoms with Crippen LogP contribution in [-0.2, 0) is 11.3 Å². The van der Waals surface area contributed by atoms with Crippen molar-refractivity contribution in [1.29, 1.82) is 0 Å². The van der Waals surface area contributed by atoms with Gasteiger partial charge in [-0.2, -0.15) is 0 Å². The third-order valence-electron chi connectivity index (χ3n) is 3.22. The van der Waals surface area contributed by atoms with Gasteiger partial charge in [-0.3, -0.25) is 4.79 Å². The number of carbonyl (C=O) groups is 1. The Kier molecular flexibility index (Phi) is 3.64. The molecular weight excluding hydrogens is 292 g/mol. The molecule has 0 radical (unpaired) electrons. The topological polar surface area (TPSA) is 80.5 Å². The summed E-state index contributed by atoms with van der Waals surface area (Å²) in [7, 11) is 0. The van der Waals surface area contributed by atoms with Crippen LogP contribution >= 0.6 is 11.6 Å². The Labute approximate surface area is 126 Å². The molecule has 21 heavy (non-hydrogen) atoms. The highest BCUT2D eigenvalue weighted by Gasteiger charge is 2.26. The van der Waals surface area contributed by atoms with Crippen molar-refractivity contribution in [2.24, 2.45) is 5.84 Å². The SMILES string of the molecule is NNc1ncccc1CN1C(=O)COc2ccc(Cl)cc21. The maximum Gasteiger partial charge on any atom is 0.265 e. The van der Waals surface area contributed by atoms with E-state index in [0.29, 0.717) is 28.8 Å². The predicted octanol–water partition coefficient (Wildman–Crippen LogP) is 1.95. The average Bonchev–Trinajstić information content (AvgIpc) is 2.50. The summed E-state index contributed by atoms with van der Waals surface area (Å²) in [6, 6.07) is 8.84. The monoisotopic (exact) mass is 304 g/mol. The van der Waals surface area contributed by atoms with Crippen molar-refractivity contribution in [3.8, 4) is 5.75 Å². The van der Waals surface area contributed by atoms with Gasteiger partial charge in [0.15, 0.2) is 6.61 Å². The van der Waals surface area contributed by atoms with Crippen LogP contribution in [0.3, 0.4) is 0 Å². The van der Waals surface area contributed by atoms with E-state index in [2.05, 4.69) is 10.4 Å². The summed E-state index contributed by atoms with van der Waals surface area (Å²) >= 11 is 6.01. The van der Waals surface area contributed by atoms with Crippen molar-refractivity contribution in [3.05, 3.63) is 47.1 Å². The summed E-state index contributed by atoms with van der Waals surface area (Å²) in [5.41, 5.74) is 3.98. The number of ether oxygens (including phenoxy) is 1. The van der Waals surface area contributed by atoms with Gasteiger partial charge in [0.05, 0.1) is 12.2 Å². The summed E-state index contributed by atoms with van der Waals surface area (Å²) in [6.07, 6.45) is 1.63. The lowest BCUT2D eigenvalue weighted by molar-refractivity contribution is -0.121. The molecule has 0 atom stereocenters. The number of hydrogen-bond donors (Lipinski definition) is 2. The molecule has 3 rings (SSSR count). The van der Waals surface area contributed by atoms with E-state index in [1.165, 1.54) is 0 Å². The number of nitrogens with zero attached hydrogens (tertiary/aromatic N) is 2. The van der Waals surface area contributed by atoms with Crippen LogP contribution in [0.5, 0.6) is 5.75 Å². The van der Waals surface area contributed by atoms with Gasteiger partial charge in [-0.05, 0) is 24.3 Å². The molecule has 0 unspecified atom stereocenters. The Morgan fingerprint density at radius 3 is 3.10 bits per heavy atom. The van der Waals surface area contributed by atoms with E-state index in [1.807, 2.05) is 6.07 Å². The molecule has 108 valence electrons. The summed E-state index contributed by atoms with van der Waals surface area (Å²) < 4.78 is 5.41. The van der Waals surface area contributed by atoms with Gasteiger partial charge >= 0.3 is 0 Å². The maximum absolute atomic E-state index is 12.2. The Hall–Kier alpha value is -2.31. The molecule has 1 aliphatic heterocycles. The third kappa shape index (κ3) is 2.63. The minimum Gasteiger partial charge on any atom is -0.482 e. The van der Waals surface area contributed by atoms with Gasteiger partial charge in [0.2, 0.25) is 0 Å². The Morgan fingerprint density at radius 2 is 2.29 bits per heavy atom. The molecule has 0 spiro atoms. The van der Waals surface area contributed by atoms with Gasteiger partial charge in [0.1, 0.15) is 11.6 Å². The lowest BCUT2D eigenvalue weighted by Crippen LogP contribution is -2.38. The number of hydrogen-bond acceptors (Lipinski definition) is 5. The number of benzene rings is 1. The van der Waals surface area contributed by atoms with Crippen LogP contribution in [0.25, 0.3) is 0 Å². The number of hydrazine groups is 1. The molecule has 1 aliphatic rings. The van der Waals surface area contributed by atoms with E-state index >= 15 is 0 Å². The van der Waals surface area contributed by atoms with E-state index in [4.69, 9.17) is 22.2 Å². The molecule has 0 bridgehead atoms.